The third-order valence-electron chi connectivity index (χ3n) is 3.32. The van der Waals surface area contributed by atoms with Gasteiger partial charge in [0.15, 0.2) is 0 Å². The molecular formula is C14H20N4O2. The highest BCUT2D eigenvalue weighted by Crippen LogP contribution is 2.28. The minimum absolute atomic E-state index is 0.0710. The lowest BCUT2D eigenvalue weighted by atomic mass is 10.1. The normalized spacial score (nSPS) is 14.3. The van der Waals surface area contributed by atoms with Crippen molar-refractivity contribution in [2.24, 2.45) is 11.7 Å². The Morgan fingerprint density at radius 1 is 1.30 bits per heavy atom. The average molecular weight is 276 g/mol. The predicted octanol–water partition coefficient (Wildman–Crippen LogP) is 1.23. The van der Waals surface area contributed by atoms with Crippen molar-refractivity contribution in [1.82, 2.24) is 14.9 Å². The molecule has 0 bridgehead atoms. The van der Waals surface area contributed by atoms with Crippen LogP contribution in [0.5, 0.6) is 0 Å². The highest BCUT2D eigenvalue weighted by Gasteiger charge is 2.33. The summed E-state index contributed by atoms with van der Waals surface area (Å²) in [5.41, 5.74) is 5.44. The minimum Gasteiger partial charge on any atom is -0.364 e. The van der Waals surface area contributed by atoms with Gasteiger partial charge in [0.05, 0.1) is 12.4 Å². The number of primary amides is 1. The maximum absolute atomic E-state index is 12.4. The van der Waals surface area contributed by atoms with E-state index in [-0.39, 0.29) is 17.3 Å². The van der Waals surface area contributed by atoms with Crippen molar-refractivity contribution < 1.29 is 9.59 Å². The minimum atomic E-state index is -0.643. The Balaban J connectivity index is 2.08. The number of nitrogens with two attached hydrogens (primary N) is 1. The molecule has 20 heavy (non-hydrogen) atoms. The Labute approximate surface area is 118 Å². The molecule has 0 aliphatic heterocycles. The van der Waals surface area contributed by atoms with Gasteiger partial charge < -0.3 is 10.6 Å². The highest BCUT2D eigenvalue weighted by molar-refractivity contribution is 5.94. The van der Waals surface area contributed by atoms with Crippen LogP contribution in [0, 0.1) is 5.92 Å². The van der Waals surface area contributed by atoms with Crippen LogP contribution in [0.1, 0.15) is 54.1 Å². The lowest BCUT2D eigenvalue weighted by molar-refractivity contribution is 0.0728. The molecule has 0 spiro atoms. The molecule has 2 amide bonds. The van der Waals surface area contributed by atoms with Gasteiger partial charge in [-0.1, -0.05) is 13.8 Å². The Kier molecular flexibility index (Phi) is 4.32. The molecule has 0 radical (unpaired) electrons. The topological polar surface area (TPSA) is 89.2 Å². The van der Waals surface area contributed by atoms with Gasteiger partial charge in [0, 0.05) is 12.6 Å². The third kappa shape index (κ3) is 3.53. The summed E-state index contributed by atoms with van der Waals surface area (Å²) in [7, 11) is 0. The molecule has 6 nitrogen and oxygen atoms in total. The van der Waals surface area contributed by atoms with Crippen LogP contribution in [-0.2, 0) is 0 Å². The van der Waals surface area contributed by atoms with Crippen LogP contribution in [0.2, 0.25) is 0 Å². The van der Waals surface area contributed by atoms with E-state index >= 15 is 0 Å². The molecule has 1 aromatic rings. The Morgan fingerprint density at radius 2 is 1.90 bits per heavy atom. The van der Waals surface area contributed by atoms with E-state index in [1.807, 2.05) is 4.90 Å². The molecule has 1 saturated carbocycles. The molecule has 1 fully saturated rings. The molecule has 0 aromatic carbocycles. The first-order valence-electron chi connectivity index (χ1n) is 6.92. The second-order valence-electron chi connectivity index (χ2n) is 5.56. The molecule has 1 aromatic heterocycles. The highest BCUT2D eigenvalue weighted by atomic mass is 16.2. The van der Waals surface area contributed by atoms with Crippen LogP contribution < -0.4 is 5.73 Å². The van der Waals surface area contributed by atoms with Gasteiger partial charge in [-0.2, -0.15) is 0 Å². The second-order valence-corrected chi connectivity index (χ2v) is 5.56. The Morgan fingerprint density at radius 3 is 2.35 bits per heavy atom. The van der Waals surface area contributed by atoms with E-state index in [1.54, 1.807) is 0 Å². The number of hydrogen-bond donors (Lipinski definition) is 1. The van der Waals surface area contributed by atoms with Crippen molar-refractivity contribution in [3.63, 3.8) is 0 Å². The summed E-state index contributed by atoms with van der Waals surface area (Å²) in [5.74, 6) is -0.209. The maximum atomic E-state index is 12.4. The van der Waals surface area contributed by atoms with Crippen molar-refractivity contribution in [3.8, 4) is 0 Å². The summed E-state index contributed by atoms with van der Waals surface area (Å²) in [6, 6.07) is 0.332. The number of nitrogens with zero attached hydrogens (tertiary/aromatic N) is 3. The summed E-state index contributed by atoms with van der Waals surface area (Å²) in [5, 5.41) is 0. The second kappa shape index (κ2) is 5.98. The van der Waals surface area contributed by atoms with Crippen molar-refractivity contribution in [3.05, 3.63) is 23.8 Å². The first-order chi connectivity index (χ1) is 9.49. The summed E-state index contributed by atoms with van der Waals surface area (Å²) >= 11 is 0. The van der Waals surface area contributed by atoms with Gasteiger partial charge in [0.2, 0.25) is 0 Å². The largest absolute Gasteiger partial charge is 0.364 e. The molecule has 1 aliphatic rings. The van der Waals surface area contributed by atoms with E-state index in [1.165, 1.54) is 12.4 Å². The van der Waals surface area contributed by atoms with E-state index in [9.17, 15) is 9.59 Å². The van der Waals surface area contributed by atoms with E-state index in [0.717, 1.165) is 25.8 Å². The average Bonchev–Trinajstić information content (AvgIpc) is 3.23. The summed E-state index contributed by atoms with van der Waals surface area (Å²) in [6.45, 7) is 5.01. The number of rotatable bonds is 6. The van der Waals surface area contributed by atoms with Crippen molar-refractivity contribution in [2.45, 2.75) is 39.2 Å². The van der Waals surface area contributed by atoms with Crippen LogP contribution >= 0.6 is 0 Å². The summed E-state index contributed by atoms with van der Waals surface area (Å²) in [6.07, 6.45) is 5.65. The molecule has 2 N–H and O–H groups in total. The number of amides is 2. The van der Waals surface area contributed by atoms with E-state index in [0.29, 0.717) is 12.0 Å². The molecule has 0 unspecified atom stereocenters. The third-order valence-corrected chi connectivity index (χ3v) is 3.32. The monoisotopic (exact) mass is 276 g/mol. The van der Waals surface area contributed by atoms with Gasteiger partial charge in [0.1, 0.15) is 11.4 Å². The van der Waals surface area contributed by atoms with E-state index in [4.69, 9.17) is 5.73 Å². The fourth-order valence-electron chi connectivity index (χ4n) is 1.95. The molecule has 0 saturated heterocycles. The van der Waals surface area contributed by atoms with E-state index in [2.05, 4.69) is 23.8 Å². The fourth-order valence-corrected chi connectivity index (χ4v) is 1.95. The van der Waals surface area contributed by atoms with Crippen LogP contribution in [0.15, 0.2) is 12.4 Å². The summed E-state index contributed by atoms with van der Waals surface area (Å²) in [4.78, 5) is 33.1. The van der Waals surface area contributed by atoms with Crippen LogP contribution in [0.3, 0.4) is 0 Å². The van der Waals surface area contributed by atoms with Crippen molar-refractivity contribution in [2.75, 3.05) is 6.54 Å². The lowest BCUT2D eigenvalue weighted by Crippen LogP contribution is -2.35. The summed E-state index contributed by atoms with van der Waals surface area (Å²) < 4.78 is 0. The molecule has 0 atom stereocenters. The quantitative estimate of drug-likeness (QED) is 0.846. The first-order valence-corrected chi connectivity index (χ1v) is 6.92. The van der Waals surface area contributed by atoms with Crippen LogP contribution in [0.4, 0.5) is 0 Å². The number of aromatic nitrogens is 2. The molecule has 2 rings (SSSR count). The zero-order valence-electron chi connectivity index (χ0n) is 11.9. The van der Waals surface area contributed by atoms with E-state index < -0.39 is 5.91 Å². The zero-order valence-corrected chi connectivity index (χ0v) is 11.9. The maximum Gasteiger partial charge on any atom is 0.274 e. The molecule has 1 aliphatic carbocycles. The number of hydrogen-bond acceptors (Lipinski definition) is 4. The smallest absolute Gasteiger partial charge is 0.274 e. The molecule has 1 heterocycles. The first kappa shape index (κ1) is 14.4. The number of carbonyl (C=O) groups is 2. The molecular weight excluding hydrogens is 256 g/mol. The zero-order chi connectivity index (χ0) is 14.7. The van der Waals surface area contributed by atoms with Gasteiger partial charge in [-0.25, -0.2) is 9.97 Å². The Hall–Kier alpha value is -1.98. The lowest BCUT2D eigenvalue weighted by Gasteiger charge is -2.22. The van der Waals surface area contributed by atoms with Gasteiger partial charge in [-0.05, 0) is 25.2 Å². The van der Waals surface area contributed by atoms with Crippen LogP contribution in [-0.4, -0.2) is 39.3 Å². The SMILES string of the molecule is CC(C)CCN(C(=O)c1cnc(C(N)=O)cn1)C1CC1. The molecule has 6 heteroatoms. The fraction of sp³-hybridized carbons (Fsp3) is 0.571. The van der Waals surface area contributed by atoms with Gasteiger partial charge in [-0.3, -0.25) is 9.59 Å². The predicted molar refractivity (Wildman–Crippen MR) is 74.1 cm³/mol. The Bertz CT molecular complexity index is 494. The van der Waals surface area contributed by atoms with Crippen molar-refractivity contribution >= 4 is 11.8 Å². The number of carbonyl (C=O) groups excluding carboxylic acids is 2. The van der Waals surface area contributed by atoms with Gasteiger partial charge >= 0.3 is 0 Å². The van der Waals surface area contributed by atoms with Crippen molar-refractivity contribution in [1.29, 1.82) is 0 Å². The van der Waals surface area contributed by atoms with Crippen LogP contribution in [0.25, 0.3) is 0 Å². The molecule has 108 valence electrons. The standard InChI is InChI=1S/C14H20N4O2/c1-9(2)5-6-18(10-3-4-10)14(20)12-8-16-11(7-17-12)13(15)19/h7-10H,3-6H2,1-2H3,(H2,15,19). The van der Waals surface area contributed by atoms with Gasteiger partial charge in [-0.15, -0.1) is 0 Å². The van der Waals surface area contributed by atoms with Gasteiger partial charge in [0.25, 0.3) is 11.8 Å².